The summed E-state index contributed by atoms with van der Waals surface area (Å²) < 4.78 is 5.29. The van der Waals surface area contributed by atoms with Crippen LogP contribution in [0.15, 0.2) is 95.2 Å². The van der Waals surface area contributed by atoms with Crippen LogP contribution in [0.3, 0.4) is 0 Å². The van der Waals surface area contributed by atoms with Crippen LogP contribution < -0.4 is 4.74 Å². The van der Waals surface area contributed by atoms with Gasteiger partial charge in [0.25, 0.3) is 5.91 Å². The molecule has 7 nitrogen and oxygen atoms in total. The molecule has 1 amide bonds. The van der Waals surface area contributed by atoms with Gasteiger partial charge in [0.15, 0.2) is 5.82 Å². The van der Waals surface area contributed by atoms with Gasteiger partial charge in [0, 0.05) is 12.0 Å². The number of carbonyl (C=O) groups is 1. The maximum absolute atomic E-state index is 13.3. The van der Waals surface area contributed by atoms with Crippen molar-refractivity contribution >= 4 is 23.4 Å². The monoisotopic (exact) mass is 469 g/mol. The van der Waals surface area contributed by atoms with Crippen molar-refractivity contribution in [3.05, 3.63) is 96.1 Å². The predicted octanol–water partition coefficient (Wildman–Crippen LogP) is 4.95. The fourth-order valence-corrected chi connectivity index (χ4v) is 4.51. The molecule has 0 saturated carbocycles. The summed E-state index contributed by atoms with van der Waals surface area (Å²) in [4.78, 5) is 17.8. The fourth-order valence-electron chi connectivity index (χ4n) is 3.86. The summed E-state index contributed by atoms with van der Waals surface area (Å²) in [7, 11) is 1.64. The highest BCUT2D eigenvalue weighted by Gasteiger charge is 2.33. The smallest absolute Gasteiger partial charge is 0.253 e. The standard InChI is InChI=1S/C26H23N5O2S/c1-33-21-14-12-19(13-15-21)23-16-22(18-8-4-2-5-9-18)30-31(23)24(32)17-34-26-27-25(28-29-26)20-10-6-3-7-11-20/h2-15,23H,16-17H2,1H3,(H,27,28,29)/t23-/m1/s1. The van der Waals surface area contributed by atoms with E-state index in [1.807, 2.05) is 84.9 Å². The van der Waals surface area contributed by atoms with E-state index in [1.165, 1.54) is 11.8 Å². The minimum Gasteiger partial charge on any atom is -0.497 e. The van der Waals surface area contributed by atoms with Crippen molar-refractivity contribution in [2.75, 3.05) is 12.9 Å². The number of rotatable bonds is 7. The number of hydrogen-bond acceptors (Lipinski definition) is 6. The van der Waals surface area contributed by atoms with Gasteiger partial charge in [-0.3, -0.25) is 9.89 Å². The molecule has 2 heterocycles. The summed E-state index contributed by atoms with van der Waals surface area (Å²) in [6.45, 7) is 0. The summed E-state index contributed by atoms with van der Waals surface area (Å²) in [6, 6.07) is 27.4. The topological polar surface area (TPSA) is 83.5 Å². The summed E-state index contributed by atoms with van der Waals surface area (Å²) in [5, 5.41) is 14.1. The quantitative estimate of drug-likeness (QED) is 0.387. The largest absolute Gasteiger partial charge is 0.497 e. The van der Waals surface area contributed by atoms with Gasteiger partial charge >= 0.3 is 0 Å². The van der Waals surface area contributed by atoms with Gasteiger partial charge in [0.05, 0.1) is 24.6 Å². The first-order valence-electron chi connectivity index (χ1n) is 10.9. The lowest BCUT2D eigenvalue weighted by molar-refractivity contribution is -0.130. The van der Waals surface area contributed by atoms with Crippen molar-refractivity contribution in [3.63, 3.8) is 0 Å². The van der Waals surface area contributed by atoms with E-state index >= 15 is 0 Å². The molecule has 1 N–H and O–H groups in total. The van der Waals surface area contributed by atoms with Gasteiger partial charge in [-0.25, -0.2) is 9.99 Å². The lowest BCUT2D eigenvalue weighted by Crippen LogP contribution is -2.28. The van der Waals surface area contributed by atoms with E-state index < -0.39 is 0 Å². The normalized spacial score (nSPS) is 15.3. The molecule has 34 heavy (non-hydrogen) atoms. The van der Waals surface area contributed by atoms with Gasteiger partial charge in [-0.1, -0.05) is 84.6 Å². The van der Waals surface area contributed by atoms with Crippen LogP contribution in [-0.2, 0) is 4.79 Å². The van der Waals surface area contributed by atoms with Gasteiger partial charge < -0.3 is 4.74 Å². The first-order valence-corrected chi connectivity index (χ1v) is 11.9. The Morgan fingerprint density at radius 3 is 2.35 bits per heavy atom. The van der Waals surface area contributed by atoms with Crippen LogP contribution in [0.4, 0.5) is 0 Å². The molecule has 0 fully saturated rings. The maximum Gasteiger partial charge on any atom is 0.253 e. The molecule has 1 aliphatic heterocycles. The molecule has 8 heteroatoms. The molecule has 0 bridgehead atoms. The predicted molar refractivity (Wildman–Crippen MR) is 133 cm³/mol. The van der Waals surface area contributed by atoms with Crippen LogP contribution >= 0.6 is 11.8 Å². The van der Waals surface area contributed by atoms with E-state index in [4.69, 9.17) is 9.84 Å². The molecule has 1 aromatic heterocycles. The number of methoxy groups -OCH3 is 1. The second kappa shape index (κ2) is 9.93. The first-order chi connectivity index (χ1) is 16.7. The summed E-state index contributed by atoms with van der Waals surface area (Å²) in [6.07, 6.45) is 0.644. The van der Waals surface area contributed by atoms with E-state index in [1.54, 1.807) is 12.1 Å². The lowest BCUT2D eigenvalue weighted by Gasteiger charge is -2.22. The average Bonchev–Trinajstić information content (AvgIpc) is 3.56. The van der Waals surface area contributed by atoms with Crippen molar-refractivity contribution in [2.24, 2.45) is 5.10 Å². The van der Waals surface area contributed by atoms with Crippen LogP contribution in [0.5, 0.6) is 5.75 Å². The number of nitrogens with zero attached hydrogens (tertiary/aromatic N) is 4. The Bertz CT molecular complexity index is 1290. The SMILES string of the molecule is COc1ccc([C@H]2CC(c3ccccc3)=NN2C(=O)CSc2n[nH]c(-c3ccccc3)n2)cc1. The molecule has 0 radical (unpaired) electrons. The van der Waals surface area contributed by atoms with Crippen molar-refractivity contribution in [3.8, 4) is 17.1 Å². The summed E-state index contributed by atoms with van der Waals surface area (Å²) in [5.74, 6) is 1.54. The Balaban J connectivity index is 1.34. The Morgan fingerprint density at radius 2 is 1.68 bits per heavy atom. The van der Waals surface area contributed by atoms with E-state index in [2.05, 4.69) is 15.2 Å². The molecule has 0 saturated heterocycles. The number of benzene rings is 3. The van der Waals surface area contributed by atoms with E-state index in [0.717, 1.165) is 28.2 Å². The second-order valence-corrected chi connectivity index (χ2v) is 8.71. The molecule has 0 aliphatic carbocycles. The Hall–Kier alpha value is -3.91. The molecule has 3 aromatic carbocycles. The lowest BCUT2D eigenvalue weighted by atomic mass is 9.98. The number of H-pyrrole nitrogens is 1. The highest BCUT2D eigenvalue weighted by atomic mass is 32.2. The minimum atomic E-state index is -0.179. The number of nitrogens with one attached hydrogen (secondary N) is 1. The van der Waals surface area contributed by atoms with Gasteiger partial charge in [-0.15, -0.1) is 5.10 Å². The zero-order valence-corrected chi connectivity index (χ0v) is 19.4. The van der Waals surface area contributed by atoms with E-state index in [9.17, 15) is 4.79 Å². The van der Waals surface area contributed by atoms with Crippen LogP contribution in [0.2, 0.25) is 0 Å². The van der Waals surface area contributed by atoms with Crippen LogP contribution in [0.25, 0.3) is 11.4 Å². The Kier molecular flexibility index (Phi) is 6.40. The number of ether oxygens (including phenoxy) is 1. The number of thioether (sulfide) groups is 1. The summed E-state index contributed by atoms with van der Waals surface area (Å²) in [5.41, 5.74) is 3.87. The molecule has 0 unspecified atom stereocenters. The third-order valence-corrected chi connectivity index (χ3v) is 6.44. The van der Waals surface area contributed by atoms with E-state index in [-0.39, 0.29) is 17.7 Å². The highest BCUT2D eigenvalue weighted by molar-refractivity contribution is 7.99. The number of amides is 1. The zero-order chi connectivity index (χ0) is 23.3. The third kappa shape index (κ3) is 4.72. The molecule has 1 atom stereocenters. The number of aromatic amines is 1. The van der Waals surface area contributed by atoms with Crippen LogP contribution in [0, 0.1) is 0 Å². The van der Waals surface area contributed by atoms with Gasteiger partial charge in [0.2, 0.25) is 5.16 Å². The number of hydrogen-bond donors (Lipinski definition) is 1. The van der Waals surface area contributed by atoms with Gasteiger partial charge in [0.1, 0.15) is 5.75 Å². The van der Waals surface area contributed by atoms with Crippen molar-refractivity contribution < 1.29 is 9.53 Å². The average molecular weight is 470 g/mol. The molecular formula is C26H23N5O2S. The van der Waals surface area contributed by atoms with E-state index in [0.29, 0.717) is 17.4 Å². The van der Waals surface area contributed by atoms with Crippen molar-refractivity contribution in [1.29, 1.82) is 0 Å². The molecule has 0 spiro atoms. The van der Waals surface area contributed by atoms with Crippen LogP contribution in [0.1, 0.15) is 23.6 Å². The van der Waals surface area contributed by atoms with Crippen molar-refractivity contribution in [2.45, 2.75) is 17.6 Å². The molecular weight excluding hydrogens is 446 g/mol. The number of carbonyl (C=O) groups excluding carboxylic acids is 1. The third-order valence-electron chi connectivity index (χ3n) is 5.61. The molecule has 5 rings (SSSR count). The first kappa shape index (κ1) is 21.9. The molecule has 4 aromatic rings. The van der Waals surface area contributed by atoms with Gasteiger partial charge in [-0.2, -0.15) is 5.10 Å². The fraction of sp³-hybridized carbons (Fsp3) is 0.154. The highest BCUT2D eigenvalue weighted by Crippen LogP contribution is 2.34. The molecule has 170 valence electrons. The number of hydrazone groups is 1. The Labute approximate surface area is 201 Å². The second-order valence-electron chi connectivity index (χ2n) is 7.77. The zero-order valence-electron chi connectivity index (χ0n) is 18.6. The Morgan fingerprint density at radius 1 is 1.00 bits per heavy atom. The molecule has 1 aliphatic rings. The van der Waals surface area contributed by atoms with Crippen LogP contribution in [-0.4, -0.2) is 44.7 Å². The maximum atomic E-state index is 13.3. The summed E-state index contributed by atoms with van der Waals surface area (Å²) >= 11 is 1.30. The minimum absolute atomic E-state index is 0.0946. The van der Waals surface area contributed by atoms with Crippen molar-refractivity contribution in [1.82, 2.24) is 20.2 Å². The number of aromatic nitrogens is 3. The van der Waals surface area contributed by atoms with Gasteiger partial charge in [-0.05, 0) is 23.3 Å².